The van der Waals surface area contributed by atoms with Gasteiger partial charge in [-0.3, -0.25) is 14.4 Å². The molecule has 5 rings (SSSR count). The van der Waals surface area contributed by atoms with Crippen LogP contribution in [0.2, 0.25) is 0 Å². The van der Waals surface area contributed by atoms with Gasteiger partial charge in [-0.15, -0.1) is 0 Å². The number of hydrogen-bond acceptors (Lipinski definition) is 10. The van der Waals surface area contributed by atoms with Crippen molar-refractivity contribution in [3.63, 3.8) is 0 Å². The van der Waals surface area contributed by atoms with Gasteiger partial charge in [0.15, 0.2) is 17.2 Å². The molecule has 2 aromatic rings. The summed E-state index contributed by atoms with van der Waals surface area (Å²) in [4.78, 5) is 39.9. The quantitative estimate of drug-likeness (QED) is 0.162. The molecule has 1 saturated carbocycles. The number of phenolic OH excluding ortho intramolecular Hbond substituents is 1. The number of ether oxygens (including phenoxy) is 2. The smallest absolute Gasteiger partial charge is 0.287 e. The zero-order chi connectivity index (χ0) is 35.6. The van der Waals surface area contributed by atoms with Gasteiger partial charge in [0.25, 0.3) is 5.97 Å². The number of carbonyl (C=O) groups is 3. The van der Waals surface area contributed by atoms with Crippen LogP contribution in [0.3, 0.4) is 0 Å². The predicted octanol–water partition coefficient (Wildman–Crippen LogP) is 5.48. The van der Waals surface area contributed by atoms with Crippen LogP contribution in [0.25, 0.3) is 5.76 Å². The van der Waals surface area contributed by atoms with Crippen molar-refractivity contribution in [3.8, 4) is 5.75 Å². The Morgan fingerprint density at radius 2 is 1.60 bits per heavy atom. The molecular weight excluding hydrogens is 616 g/mol. The summed E-state index contributed by atoms with van der Waals surface area (Å²) in [6, 6.07) is 11.0. The third-order valence-electron chi connectivity index (χ3n) is 10.5. The zero-order valence-electron chi connectivity index (χ0n) is 28.6. The van der Waals surface area contributed by atoms with Crippen molar-refractivity contribution in [1.82, 2.24) is 0 Å². The van der Waals surface area contributed by atoms with E-state index in [0.29, 0.717) is 16.7 Å². The molecule has 0 bridgehead atoms. The Labute approximate surface area is 280 Å². The van der Waals surface area contributed by atoms with Crippen LogP contribution in [0.1, 0.15) is 101 Å². The number of ketones is 3. The lowest BCUT2D eigenvalue weighted by Gasteiger charge is -2.56. The summed E-state index contributed by atoms with van der Waals surface area (Å²) in [5.74, 6) is -7.31. The summed E-state index contributed by atoms with van der Waals surface area (Å²) in [6.07, 6.45) is -0.130. The molecule has 4 unspecified atom stereocenters. The number of aliphatic hydroxyl groups excluding tert-OH is 2. The molecule has 0 spiro atoms. The van der Waals surface area contributed by atoms with E-state index in [4.69, 9.17) is 9.47 Å². The van der Waals surface area contributed by atoms with Gasteiger partial charge in [-0.1, -0.05) is 64.1 Å². The lowest BCUT2D eigenvalue weighted by molar-refractivity contribution is -0.369. The summed E-state index contributed by atoms with van der Waals surface area (Å²) >= 11 is 0. The highest BCUT2D eigenvalue weighted by atomic mass is 16.8. The lowest BCUT2D eigenvalue weighted by Crippen LogP contribution is -2.65. The minimum Gasteiger partial charge on any atom is -0.508 e. The molecule has 2 aromatic carbocycles. The van der Waals surface area contributed by atoms with Crippen LogP contribution in [-0.2, 0) is 36.7 Å². The fourth-order valence-electron chi connectivity index (χ4n) is 8.49. The van der Waals surface area contributed by atoms with Crippen molar-refractivity contribution in [2.75, 3.05) is 13.2 Å². The van der Waals surface area contributed by atoms with Gasteiger partial charge in [0, 0.05) is 36.0 Å². The number of Topliss-reactive ketones (excluding diaryl/α,β-unsaturated/α-hetero) is 3. The van der Waals surface area contributed by atoms with E-state index in [1.807, 2.05) is 50.2 Å². The van der Waals surface area contributed by atoms with Gasteiger partial charge < -0.3 is 35.0 Å². The highest BCUT2D eigenvalue weighted by Crippen LogP contribution is 2.63. The number of fused-ring (bicyclic) bond motifs is 3. The van der Waals surface area contributed by atoms with Crippen LogP contribution >= 0.6 is 0 Å². The van der Waals surface area contributed by atoms with Gasteiger partial charge in [0.2, 0.25) is 5.78 Å². The molecule has 10 heteroatoms. The Morgan fingerprint density at radius 1 is 1.00 bits per heavy atom. The fourth-order valence-corrected chi connectivity index (χ4v) is 8.49. The van der Waals surface area contributed by atoms with Crippen LogP contribution in [-0.4, -0.2) is 67.7 Å². The van der Waals surface area contributed by atoms with Gasteiger partial charge >= 0.3 is 0 Å². The van der Waals surface area contributed by atoms with Crippen molar-refractivity contribution in [2.24, 2.45) is 10.8 Å². The van der Waals surface area contributed by atoms with Crippen LogP contribution < -0.4 is 0 Å². The molecule has 5 N–H and O–H groups in total. The molecule has 0 radical (unpaired) electrons. The van der Waals surface area contributed by atoms with Crippen molar-refractivity contribution < 1.29 is 49.4 Å². The molecule has 0 aliphatic heterocycles. The number of hydrogen-bond donors (Lipinski definition) is 5. The number of benzene rings is 2. The summed E-state index contributed by atoms with van der Waals surface area (Å²) < 4.78 is 11.5. The molecule has 0 amide bonds. The molecule has 0 aromatic heterocycles. The molecule has 258 valence electrons. The first-order valence-electron chi connectivity index (χ1n) is 16.5. The Morgan fingerprint density at radius 3 is 2.15 bits per heavy atom. The molecule has 4 atom stereocenters. The van der Waals surface area contributed by atoms with Crippen LogP contribution in [0.5, 0.6) is 5.75 Å². The maximum absolute atomic E-state index is 14.5. The van der Waals surface area contributed by atoms with Gasteiger partial charge in [-0.25, -0.2) is 0 Å². The topological polar surface area (TPSA) is 171 Å². The zero-order valence-corrected chi connectivity index (χ0v) is 28.6. The largest absolute Gasteiger partial charge is 0.508 e. The van der Waals surface area contributed by atoms with Crippen LogP contribution in [0.15, 0.2) is 53.3 Å². The average molecular weight is 663 g/mol. The molecule has 0 heterocycles. The van der Waals surface area contributed by atoms with Crippen LogP contribution in [0.4, 0.5) is 0 Å². The maximum Gasteiger partial charge on any atom is 0.287 e. The highest BCUT2D eigenvalue weighted by molar-refractivity contribution is 6.23. The van der Waals surface area contributed by atoms with Gasteiger partial charge in [0.1, 0.15) is 22.8 Å². The van der Waals surface area contributed by atoms with Crippen molar-refractivity contribution in [3.05, 3.63) is 81.1 Å². The molecule has 1 fully saturated rings. The Bertz CT molecular complexity index is 1730. The molecule has 0 saturated heterocycles. The van der Waals surface area contributed by atoms with E-state index in [-0.39, 0.29) is 61.7 Å². The third kappa shape index (κ3) is 5.21. The highest BCUT2D eigenvalue weighted by Gasteiger charge is 2.68. The number of aromatic hydroxyl groups is 1. The maximum atomic E-state index is 14.5. The van der Waals surface area contributed by atoms with E-state index in [9.17, 15) is 39.9 Å². The van der Waals surface area contributed by atoms with E-state index < -0.39 is 62.8 Å². The third-order valence-corrected chi connectivity index (χ3v) is 10.5. The van der Waals surface area contributed by atoms with Crippen molar-refractivity contribution in [1.29, 1.82) is 0 Å². The number of rotatable bonds is 10. The second-order valence-corrected chi connectivity index (χ2v) is 14.3. The first kappa shape index (κ1) is 35.5. The van der Waals surface area contributed by atoms with E-state index in [2.05, 4.69) is 0 Å². The van der Waals surface area contributed by atoms with Gasteiger partial charge in [-0.2, -0.15) is 0 Å². The van der Waals surface area contributed by atoms with E-state index >= 15 is 0 Å². The Hall–Kier alpha value is -3.83. The normalized spacial score (nSPS) is 26.4. The second-order valence-electron chi connectivity index (χ2n) is 14.3. The SMILES string of the molecule is CCOC(O)(OCC)C(Cc1cc(C(C)C)c2c(c1O)C(O)=C1C(=O)C3(O)C(O)=C(C(C)=O)C(=O)CC3(C)CC1(C)C2)c1ccccc1. The van der Waals surface area contributed by atoms with Crippen molar-refractivity contribution >= 4 is 23.1 Å². The first-order chi connectivity index (χ1) is 22.4. The van der Waals surface area contributed by atoms with Crippen LogP contribution in [0, 0.1) is 10.8 Å². The number of aliphatic hydroxyl groups is 4. The summed E-state index contributed by atoms with van der Waals surface area (Å²) in [5.41, 5.74) is -3.58. The number of allylic oxidation sites excluding steroid dienone is 1. The van der Waals surface area contributed by atoms with E-state index in [0.717, 1.165) is 12.5 Å². The number of phenols is 1. The minimum atomic E-state index is -2.65. The first-order valence-corrected chi connectivity index (χ1v) is 16.5. The van der Waals surface area contributed by atoms with E-state index in [1.54, 1.807) is 20.8 Å². The monoisotopic (exact) mass is 662 g/mol. The number of carbonyl (C=O) groups excluding carboxylic acids is 3. The van der Waals surface area contributed by atoms with Gasteiger partial charge in [-0.05, 0) is 68.2 Å². The summed E-state index contributed by atoms with van der Waals surface area (Å²) in [6.45, 7) is 12.1. The molecule has 48 heavy (non-hydrogen) atoms. The molecule has 3 aliphatic rings. The minimum absolute atomic E-state index is 0.0167. The summed E-state index contributed by atoms with van der Waals surface area (Å²) in [5, 5.41) is 58.9. The Kier molecular flexibility index (Phi) is 9.05. The van der Waals surface area contributed by atoms with Gasteiger partial charge in [0.05, 0.1) is 11.5 Å². The Balaban J connectivity index is 1.75. The van der Waals surface area contributed by atoms with Crippen molar-refractivity contribution in [2.45, 2.75) is 97.6 Å². The molecule has 10 nitrogen and oxygen atoms in total. The second kappa shape index (κ2) is 12.2. The lowest BCUT2D eigenvalue weighted by atomic mass is 9.47. The predicted molar refractivity (Wildman–Crippen MR) is 177 cm³/mol. The fraction of sp³-hybridized carbons (Fsp3) is 0.500. The standard InChI is InChI=1S/C38H46O10/c1-8-47-38(46,48-9-2)26(22-13-11-10-12-14-22)16-23-15-24(20(3)4)25-17-35(6)19-36(7)18-27(40)28(21(5)39)33(43)37(36,45)34(44)30(35)32(42)29(25)31(23)41/h10-15,20,26,41-43,45-46H,8-9,16-19H2,1-7H3. The van der Waals surface area contributed by atoms with E-state index in [1.165, 1.54) is 6.92 Å². The average Bonchev–Trinajstić information content (AvgIpc) is 2.98. The molecule has 3 aliphatic carbocycles. The molecular formula is C38H46O10. The summed E-state index contributed by atoms with van der Waals surface area (Å²) in [7, 11) is 0.